The van der Waals surface area contributed by atoms with Crippen LogP contribution >= 0.6 is 0 Å². The Hall–Kier alpha value is -0.610. The van der Waals surface area contributed by atoms with Gasteiger partial charge >= 0.3 is 0 Å². The van der Waals surface area contributed by atoms with Crippen molar-refractivity contribution in [2.75, 3.05) is 39.8 Å². The zero-order chi connectivity index (χ0) is 12.0. The fourth-order valence-electron chi connectivity index (χ4n) is 2.23. The van der Waals surface area contributed by atoms with Crippen molar-refractivity contribution in [3.63, 3.8) is 0 Å². The number of piperidine rings is 1. The van der Waals surface area contributed by atoms with E-state index in [1.807, 2.05) is 11.9 Å². The number of amides is 1. The Labute approximate surface area is 99.0 Å². The lowest BCUT2D eigenvalue weighted by Crippen LogP contribution is -2.51. The number of likely N-dealkylation sites (tertiary alicyclic amines) is 1. The van der Waals surface area contributed by atoms with Crippen molar-refractivity contribution in [2.45, 2.75) is 32.7 Å². The number of hydrogen-bond donors (Lipinski definition) is 1. The minimum atomic E-state index is 0.0467. The molecule has 0 bridgehead atoms. The van der Waals surface area contributed by atoms with Gasteiger partial charge in [0, 0.05) is 19.6 Å². The van der Waals surface area contributed by atoms with Crippen LogP contribution in [0.4, 0.5) is 0 Å². The summed E-state index contributed by atoms with van der Waals surface area (Å²) in [4.78, 5) is 16.4. The molecule has 1 fully saturated rings. The van der Waals surface area contributed by atoms with Gasteiger partial charge in [0.05, 0.1) is 6.04 Å². The molecule has 94 valence electrons. The molecule has 0 radical (unpaired) electrons. The lowest BCUT2D eigenvalue weighted by molar-refractivity contribution is -0.136. The number of hydrogen-bond acceptors (Lipinski definition) is 3. The first-order valence-electron chi connectivity index (χ1n) is 6.41. The van der Waals surface area contributed by atoms with Gasteiger partial charge in [-0.2, -0.15) is 0 Å². The smallest absolute Gasteiger partial charge is 0.239 e. The molecule has 4 nitrogen and oxygen atoms in total. The molecule has 1 aliphatic heterocycles. The Morgan fingerprint density at radius 1 is 1.44 bits per heavy atom. The molecule has 16 heavy (non-hydrogen) atoms. The van der Waals surface area contributed by atoms with Gasteiger partial charge in [-0.3, -0.25) is 4.79 Å². The Morgan fingerprint density at radius 2 is 2.12 bits per heavy atom. The molecular formula is C12H25N3O. The summed E-state index contributed by atoms with van der Waals surface area (Å²) < 4.78 is 0. The Kier molecular flexibility index (Phi) is 5.77. The Balaban J connectivity index is 2.38. The van der Waals surface area contributed by atoms with Crippen LogP contribution in [0.15, 0.2) is 0 Å². The highest BCUT2D eigenvalue weighted by Gasteiger charge is 2.26. The quantitative estimate of drug-likeness (QED) is 0.719. The molecule has 4 heteroatoms. The monoisotopic (exact) mass is 227 g/mol. The first kappa shape index (κ1) is 13.5. The van der Waals surface area contributed by atoms with Gasteiger partial charge in [0.15, 0.2) is 0 Å². The largest absolute Gasteiger partial charge is 0.340 e. The summed E-state index contributed by atoms with van der Waals surface area (Å²) in [6, 6.07) is 0.0467. The highest BCUT2D eigenvalue weighted by molar-refractivity contribution is 5.82. The van der Waals surface area contributed by atoms with E-state index >= 15 is 0 Å². The molecule has 0 spiro atoms. The normalized spacial score (nSPS) is 21.9. The van der Waals surface area contributed by atoms with E-state index in [1.54, 1.807) is 0 Å². The number of carbonyl (C=O) groups is 1. The van der Waals surface area contributed by atoms with Gasteiger partial charge in [-0.25, -0.2) is 0 Å². The van der Waals surface area contributed by atoms with Gasteiger partial charge in [-0.05, 0) is 33.0 Å². The minimum absolute atomic E-state index is 0.0467. The predicted molar refractivity (Wildman–Crippen MR) is 66.4 cm³/mol. The van der Waals surface area contributed by atoms with Crippen LogP contribution in [0.2, 0.25) is 0 Å². The molecule has 0 saturated carbocycles. The molecule has 0 aromatic rings. The first-order valence-corrected chi connectivity index (χ1v) is 6.41. The molecule has 0 aromatic heterocycles. The van der Waals surface area contributed by atoms with Gasteiger partial charge in [0.1, 0.15) is 0 Å². The van der Waals surface area contributed by atoms with Crippen LogP contribution in [0.25, 0.3) is 0 Å². The lowest BCUT2D eigenvalue weighted by atomic mass is 10.1. The highest BCUT2D eigenvalue weighted by atomic mass is 16.2. The third-order valence-corrected chi connectivity index (χ3v) is 3.46. The number of carbonyl (C=O) groups excluding carboxylic acids is 1. The average molecular weight is 227 g/mol. The van der Waals surface area contributed by atoms with E-state index in [1.165, 1.54) is 0 Å². The van der Waals surface area contributed by atoms with E-state index in [2.05, 4.69) is 24.1 Å². The van der Waals surface area contributed by atoms with E-state index in [-0.39, 0.29) is 11.9 Å². The van der Waals surface area contributed by atoms with E-state index in [9.17, 15) is 4.79 Å². The molecular weight excluding hydrogens is 202 g/mol. The number of nitrogens with one attached hydrogen (secondary N) is 1. The van der Waals surface area contributed by atoms with E-state index in [0.29, 0.717) is 0 Å². The number of rotatable bonds is 6. The van der Waals surface area contributed by atoms with Crippen molar-refractivity contribution in [1.82, 2.24) is 15.1 Å². The maximum absolute atomic E-state index is 12.0. The van der Waals surface area contributed by atoms with Crippen molar-refractivity contribution in [3.05, 3.63) is 0 Å². The molecule has 1 atom stereocenters. The van der Waals surface area contributed by atoms with E-state index in [4.69, 9.17) is 0 Å². The molecule has 1 N–H and O–H groups in total. The van der Waals surface area contributed by atoms with Crippen LogP contribution < -0.4 is 5.32 Å². The number of nitrogens with zero attached hydrogens (tertiary/aromatic N) is 2. The van der Waals surface area contributed by atoms with Crippen LogP contribution in [-0.2, 0) is 4.79 Å². The summed E-state index contributed by atoms with van der Waals surface area (Å²) in [5.74, 6) is 0.279. The van der Waals surface area contributed by atoms with Crippen molar-refractivity contribution in [1.29, 1.82) is 0 Å². The third-order valence-electron chi connectivity index (χ3n) is 3.46. The van der Waals surface area contributed by atoms with Crippen molar-refractivity contribution in [3.8, 4) is 0 Å². The fourth-order valence-corrected chi connectivity index (χ4v) is 2.23. The van der Waals surface area contributed by atoms with Crippen molar-refractivity contribution >= 4 is 5.91 Å². The summed E-state index contributed by atoms with van der Waals surface area (Å²) in [6.07, 6.45) is 2.10. The standard InChI is InChI=1S/C12H25N3O/c1-4-14(5-2)9-10-15-8-6-7-11(13-3)12(15)16/h11,13H,4-10H2,1-3H3. The summed E-state index contributed by atoms with van der Waals surface area (Å²) in [6.45, 7) is 9.25. The molecule has 0 aliphatic carbocycles. The van der Waals surface area contributed by atoms with Crippen LogP contribution in [-0.4, -0.2) is 61.5 Å². The molecule has 1 unspecified atom stereocenters. The average Bonchev–Trinajstić information content (AvgIpc) is 2.32. The lowest BCUT2D eigenvalue weighted by Gasteiger charge is -2.33. The van der Waals surface area contributed by atoms with Gasteiger partial charge < -0.3 is 15.1 Å². The Bertz CT molecular complexity index is 216. The molecule has 1 rings (SSSR count). The molecule has 0 aromatic carbocycles. The fraction of sp³-hybridized carbons (Fsp3) is 0.917. The summed E-state index contributed by atoms with van der Waals surface area (Å²) in [5, 5.41) is 3.09. The topological polar surface area (TPSA) is 35.6 Å². The highest BCUT2D eigenvalue weighted by Crippen LogP contribution is 2.11. The van der Waals surface area contributed by atoms with E-state index in [0.717, 1.165) is 45.6 Å². The third kappa shape index (κ3) is 3.46. The van der Waals surface area contributed by atoms with Crippen LogP contribution in [0.1, 0.15) is 26.7 Å². The summed E-state index contributed by atoms with van der Waals surface area (Å²) in [5.41, 5.74) is 0. The van der Waals surface area contributed by atoms with Gasteiger partial charge in [-0.15, -0.1) is 0 Å². The van der Waals surface area contributed by atoms with Crippen LogP contribution in [0.3, 0.4) is 0 Å². The molecule has 1 aliphatic rings. The SMILES string of the molecule is CCN(CC)CCN1CCCC(NC)C1=O. The maximum atomic E-state index is 12.0. The second-order valence-electron chi connectivity index (χ2n) is 4.34. The predicted octanol–water partition coefficient (Wildman–Crippen LogP) is 0.539. The van der Waals surface area contributed by atoms with Crippen LogP contribution in [0.5, 0.6) is 0 Å². The van der Waals surface area contributed by atoms with Gasteiger partial charge in [0.2, 0.25) is 5.91 Å². The molecule has 1 heterocycles. The first-order chi connectivity index (χ1) is 7.72. The number of likely N-dealkylation sites (N-methyl/N-ethyl adjacent to an activating group) is 2. The van der Waals surface area contributed by atoms with Gasteiger partial charge in [-0.1, -0.05) is 13.8 Å². The Morgan fingerprint density at radius 3 is 2.69 bits per heavy atom. The van der Waals surface area contributed by atoms with Crippen molar-refractivity contribution < 1.29 is 4.79 Å². The molecule has 1 amide bonds. The summed E-state index contributed by atoms with van der Waals surface area (Å²) >= 11 is 0. The molecule has 1 saturated heterocycles. The van der Waals surface area contributed by atoms with Crippen molar-refractivity contribution in [2.24, 2.45) is 0 Å². The zero-order valence-electron chi connectivity index (χ0n) is 10.8. The zero-order valence-corrected chi connectivity index (χ0v) is 10.8. The van der Waals surface area contributed by atoms with E-state index < -0.39 is 0 Å². The van der Waals surface area contributed by atoms with Gasteiger partial charge in [0.25, 0.3) is 0 Å². The second-order valence-corrected chi connectivity index (χ2v) is 4.34. The minimum Gasteiger partial charge on any atom is -0.340 e. The second kappa shape index (κ2) is 6.86. The van der Waals surface area contributed by atoms with Crippen LogP contribution in [0, 0.1) is 0 Å². The maximum Gasteiger partial charge on any atom is 0.239 e. The summed E-state index contributed by atoms with van der Waals surface area (Å²) in [7, 11) is 1.87.